The second-order valence-corrected chi connectivity index (χ2v) is 8.94. The fourth-order valence-corrected chi connectivity index (χ4v) is 3.38. The highest BCUT2D eigenvalue weighted by Gasteiger charge is 2.32. The molecule has 0 fully saturated rings. The zero-order valence-electron chi connectivity index (χ0n) is 22.2. The van der Waals surface area contributed by atoms with Crippen molar-refractivity contribution >= 4 is 43.5 Å². The van der Waals surface area contributed by atoms with Crippen molar-refractivity contribution in [3.8, 4) is 34.5 Å². The molecule has 8 nitrogen and oxygen atoms in total. The van der Waals surface area contributed by atoms with Crippen molar-refractivity contribution in [1.29, 1.82) is 0 Å². The van der Waals surface area contributed by atoms with Crippen LogP contribution in [0.3, 0.4) is 0 Å². The summed E-state index contributed by atoms with van der Waals surface area (Å²) in [6, 6.07) is 18.7. The van der Waals surface area contributed by atoms with E-state index in [9.17, 15) is 35.9 Å². The van der Waals surface area contributed by atoms with Gasteiger partial charge >= 0.3 is 20.4 Å². The summed E-state index contributed by atoms with van der Waals surface area (Å²) in [5.74, 6) is -0.451. The second kappa shape index (κ2) is 17.0. The highest BCUT2D eigenvalue weighted by molar-refractivity contribution is 6.31. The molecule has 4 rings (SSSR count). The first-order valence-electron chi connectivity index (χ1n) is 11.8. The van der Waals surface area contributed by atoms with Gasteiger partial charge in [-0.05, 0) is 72.8 Å². The number of hydrogen-bond acceptors (Lipinski definition) is 8. The van der Waals surface area contributed by atoms with Crippen molar-refractivity contribution in [1.82, 2.24) is 0 Å². The highest BCUT2D eigenvalue weighted by Crippen LogP contribution is 2.33. The molecule has 0 aliphatic heterocycles. The molecular formula is C28H18BCl2F6O8. The van der Waals surface area contributed by atoms with Gasteiger partial charge in [0.25, 0.3) is 0 Å². The van der Waals surface area contributed by atoms with Gasteiger partial charge in [-0.15, -0.1) is 26.3 Å². The van der Waals surface area contributed by atoms with E-state index >= 15 is 0 Å². The van der Waals surface area contributed by atoms with E-state index in [1.54, 1.807) is 12.1 Å². The molecule has 17 heteroatoms. The number of carbonyl (C=O) groups excluding carboxylic acids is 2. The van der Waals surface area contributed by atoms with Gasteiger partial charge in [0.05, 0.1) is 0 Å². The first-order valence-corrected chi connectivity index (χ1v) is 12.6. The Bertz CT molecular complexity index is 1540. The second-order valence-electron chi connectivity index (χ2n) is 8.06. The maximum absolute atomic E-state index is 12.2. The van der Waals surface area contributed by atoms with Gasteiger partial charge in [0.2, 0.25) is 0 Å². The Morgan fingerprint density at radius 2 is 1.00 bits per heavy atom. The number of carbonyl (C=O) groups is 2. The molecule has 4 aromatic carbocycles. The third-order valence-corrected chi connectivity index (χ3v) is 5.06. The van der Waals surface area contributed by atoms with Crippen LogP contribution in [0.2, 0.25) is 10.0 Å². The molecule has 0 aromatic heterocycles. The van der Waals surface area contributed by atoms with Crippen molar-refractivity contribution in [2.24, 2.45) is 0 Å². The van der Waals surface area contributed by atoms with E-state index in [1.807, 2.05) is 0 Å². The summed E-state index contributed by atoms with van der Waals surface area (Å²) in [5, 5.41) is 17.0. The van der Waals surface area contributed by atoms with Crippen LogP contribution in [0.15, 0.2) is 84.9 Å². The number of benzene rings is 4. The molecule has 0 amide bonds. The third-order valence-electron chi connectivity index (χ3n) is 4.63. The minimum atomic E-state index is -4.81. The van der Waals surface area contributed by atoms with E-state index < -0.39 is 24.2 Å². The molecule has 0 saturated carbocycles. The Morgan fingerprint density at radius 1 is 0.600 bits per heavy atom. The number of ether oxygens (including phenoxy) is 3. The largest absolute Gasteiger partial charge is 0.573 e. The predicted octanol–water partition coefficient (Wildman–Crippen LogP) is 8.19. The fourth-order valence-electron chi connectivity index (χ4n) is 2.95. The lowest BCUT2D eigenvalue weighted by Crippen LogP contribution is -2.17. The van der Waals surface area contributed by atoms with Gasteiger partial charge < -0.3 is 29.0 Å². The van der Waals surface area contributed by atoms with Crippen molar-refractivity contribution < 1.29 is 64.9 Å². The number of rotatable bonds is 8. The zero-order valence-corrected chi connectivity index (χ0v) is 23.7. The summed E-state index contributed by atoms with van der Waals surface area (Å²) in [6.45, 7) is 0. The summed E-state index contributed by atoms with van der Waals surface area (Å²) in [7, 11) is 0.322. The lowest BCUT2D eigenvalue weighted by atomic mass is 10.2. The summed E-state index contributed by atoms with van der Waals surface area (Å²) < 4.78 is 89.2. The molecule has 0 aliphatic carbocycles. The Morgan fingerprint density at radius 3 is 1.42 bits per heavy atom. The Balaban J connectivity index is 0.000000256. The maximum atomic E-state index is 12.2. The molecule has 45 heavy (non-hydrogen) atoms. The molecule has 0 bridgehead atoms. The molecule has 0 aliphatic rings. The van der Waals surface area contributed by atoms with E-state index in [1.165, 1.54) is 48.5 Å². The topological polar surface area (TPSA) is 112 Å². The minimum absolute atomic E-state index is 0.00593. The van der Waals surface area contributed by atoms with Crippen LogP contribution in [0.5, 0.6) is 34.5 Å². The number of aromatic hydroxyl groups is 1. The molecule has 2 N–H and O–H groups in total. The van der Waals surface area contributed by atoms with Crippen molar-refractivity contribution in [2.45, 2.75) is 12.7 Å². The van der Waals surface area contributed by atoms with E-state index in [4.69, 9.17) is 38.1 Å². The summed E-state index contributed by atoms with van der Waals surface area (Å²) in [4.78, 5) is 20.6. The van der Waals surface area contributed by atoms with Gasteiger partial charge in [0.15, 0.2) is 0 Å². The lowest BCUT2D eigenvalue weighted by Gasteiger charge is -2.11. The minimum Gasteiger partial charge on any atom is -0.537 e. The number of halogens is 8. The number of hydrogen-bond donors (Lipinski definition) is 2. The average molecular weight is 678 g/mol. The molecule has 0 spiro atoms. The summed E-state index contributed by atoms with van der Waals surface area (Å²) in [5.41, 5.74) is 1.03. The predicted molar refractivity (Wildman–Crippen MR) is 150 cm³/mol. The first-order chi connectivity index (χ1) is 21.1. The van der Waals surface area contributed by atoms with Crippen LogP contribution in [-0.4, -0.2) is 43.1 Å². The van der Waals surface area contributed by atoms with Crippen LogP contribution in [0, 0.1) is 0 Å². The molecule has 0 heterocycles. The lowest BCUT2D eigenvalue weighted by molar-refractivity contribution is -0.275. The summed E-state index contributed by atoms with van der Waals surface area (Å²) >= 11 is 11.2. The van der Waals surface area contributed by atoms with Crippen LogP contribution in [0.1, 0.15) is 20.7 Å². The van der Waals surface area contributed by atoms with E-state index in [0.29, 0.717) is 30.8 Å². The molecular weight excluding hydrogens is 660 g/mol. The van der Waals surface area contributed by atoms with E-state index in [2.05, 4.69) is 14.1 Å². The smallest absolute Gasteiger partial charge is 0.537 e. The molecule has 0 unspecified atom stereocenters. The van der Waals surface area contributed by atoms with Gasteiger partial charge in [0.1, 0.15) is 47.1 Å². The van der Waals surface area contributed by atoms with Crippen LogP contribution < -0.4 is 18.9 Å². The maximum Gasteiger partial charge on any atom is 0.573 e. The quantitative estimate of drug-likeness (QED) is 0.109. The molecule has 0 atom stereocenters. The van der Waals surface area contributed by atoms with Crippen molar-refractivity contribution in [3.63, 3.8) is 0 Å². The average Bonchev–Trinajstić information content (AvgIpc) is 2.92. The number of alkyl halides is 6. The number of phenolic OH excluding ortho intramolecular Hbond substituents is 1. The summed E-state index contributed by atoms with van der Waals surface area (Å²) in [6.07, 6.45) is -8.21. The van der Waals surface area contributed by atoms with Crippen LogP contribution in [-0.2, 0) is 0 Å². The highest BCUT2D eigenvalue weighted by atomic mass is 35.5. The first kappa shape index (κ1) is 36.6. The third kappa shape index (κ3) is 15.1. The standard InChI is InChI=1S/C14H8ClF3O3.C7H4BClF3O3.C7H6O2/c15-10-5-12(7-13(6-10)21-14(16,17)18)20-11-3-1-9(8-19)2-4-11;9-4-1-5(14-7(10,11)12)3-6(2-4)15-8-13;8-5-6-1-3-7(9)4-2-6/h1-8H;1-3,13H;1-5,9H. The van der Waals surface area contributed by atoms with Gasteiger partial charge in [-0.3, -0.25) is 9.59 Å². The SMILES string of the molecule is O=Cc1ccc(O)cc1.O=Cc1ccc(Oc2cc(Cl)cc(OC(F)(F)F)c2)cc1.O[B]Oc1cc(Cl)cc(OC(F)(F)F)c1. The van der Waals surface area contributed by atoms with Crippen molar-refractivity contribution in [2.75, 3.05) is 0 Å². The van der Waals surface area contributed by atoms with Gasteiger partial charge in [-0.25, -0.2) is 0 Å². The fraction of sp³-hybridized carbons (Fsp3) is 0.0714. The van der Waals surface area contributed by atoms with Crippen LogP contribution >= 0.6 is 23.2 Å². The molecule has 4 aromatic rings. The number of aldehydes is 2. The monoisotopic (exact) mass is 677 g/mol. The molecule has 1 radical (unpaired) electrons. The van der Waals surface area contributed by atoms with Gasteiger partial charge in [-0.1, -0.05) is 23.2 Å². The van der Waals surface area contributed by atoms with Gasteiger partial charge in [0, 0.05) is 33.3 Å². The Kier molecular flexibility index (Phi) is 13.9. The van der Waals surface area contributed by atoms with E-state index in [0.717, 1.165) is 30.6 Å². The van der Waals surface area contributed by atoms with Crippen LogP contribution in [0.4, 0.5) is 26.3 Å². The Hall–Kier alpha value is -4.60. The Labute approximate surface area is 261 Å². The number of phenols is 1. The van der Waals surface area contributed by atoms with Crippen LogP contribution in [0.25, 0.3) is 0 Å². The zero-order chi connectivity index (χ0) is 33.6. The van der Waals surface area contributed by atoms with Crippen molar-refractivity contribution in [3.05, 3.63) is 106 Å². The normalized spacial score (nSPS) is 10.6. The van der Waals surface area contributed by atoms with E-state index in [-0.39, 0.29) is 27.3 Å². The molecule has 237 valence electrons. The molecule has 0 saturated heterocycles. The van der Waals surface area contributed by atoms with Gasteiger partial charge in [-0.2, -0.15) is 0 Å².